The van der Waals surface area contributed by atoms with Crippen molar-refractivity contribution in [2.75, 3.05) is 25.1 Å². The Bertz CT molecular complexity index is 773. The summed E-state index contributed by atoms with van der Waals surface area (Å²) in [4.78, 5) is 23.4. The molecule has 1 saturated carbocycles. The van der Waals surface area contributed by atoms with E-state index in [1.165, 1.54) is 18.9 Å². The zero-order valence-corrected chi connectivity index (χ0v) is 14.5. The number of nitro benzene ring substituents is 1. The second-order valence-corrected chi connectivity index (χ2v) is 6.48. The topological polar surface area (TPSA) is 81.5 Å². The number of benzene rings is 2. The highest BCUT2D eigenvalue weighted by Gasteiger charge is 2.21. The zero-order valence-electron chi connectivity index (χ0n) is 14.5. The van der Waals surface area contributed by atoms with Crippen LogP contribution in [0.25, 0.3) is 0 Å². The molecule has 6 heteroatoms. The van der Waals surface area contributed by atoms with Gasteiger partial charge in [0.1, 0.15) is 5.69 Å². The lowest BCUT2D eigenvalue weighted by molar-refractivity contribution is -0.384. The van der Waals surface area contributed by atoms with E-state index in [9.17, 15) is 14.9 Å². The van der Waals surface area contributed by atoms with Gasteiger partial charge in [0.25, 0.3) is 5.69 Å². The summed E-state index contributed by atoms with van der Waals surface area (Å²) in [7, 11) is 0. The van der Waals surface area contributed by atoms with Gasteiger partial charge in [-0.25, -0.2) is 0 Å². The standard InChI is InChI=1S/C20H22N2O4/c23-20(16-5-2-1-3-6-16)17-9-10-18(19(13-17)22(24)25)21-11-4-12-26-14-15-7-8-15/h1-3,5-6,9-10,13,15,21H,4,7-8,11-12,14H2. The summed E-state index contributed by atoms with van der Waals surface area (Å²) in [5.74, 6) is 0.507. The molecule has 2 aromatic rings. The van der Waals surface area contributed by atoms with Crippen molar-refractivity contribution in [1.82, 2.24) is 0 Å². The van der Waals surface area contributed by atoms with Gasteiger partial charge in [0.2, 0.25) is 0 Å². The molecule has 0 spiro atoms. The molecule has 0 bridgehead atoms. The smallest absolute Gasteiger partial charge is 0.293 e. The molecule has 1 aliphatic carbocycles. The fourth-order valence-electron chi connectivity index (χ4n) is 2.66. The van der Waals surface area contributed by atoms with Crippen LogP contribution in [0.15, 0.2) is 48.5 Å². The van der Waals surface area contributed by atoms with E-state index < -0.39 is 4.92 Å². The van der Waals surface area contributed by atoms with Gasteiger partial charge in [-0.3, -0.25) is 14.9 Å². The van der Waals surface area contributed by atoms with Gasteiger partial charge in [0.05, 0.1) is 4.92 Å². The van der Waals surface area contributed by atoms with Crippen LogP contribution in [-0.4, -0.2) is 30.5 Å². The Morgan fingerprint density at radius 1 is 1.15 bits per heavy atom. The fraction of sp³-hybridized carbons (Fsp3) is 0.350. The molecule has 0 radical (unpaired) electrons. The highest BCUT2D eigenvalue weighted by atomic mass is 16.6. The molecular formula is C20H22N2O4. The SMILES string of the molecule is O=C(c1ccccc1)c1ccc(NCCCOCC2CC2)c([N+](=O)[O-])c1. The summed E-state index contributed by atoms with van der Waals surface area (Å²) in [5, 5.41) is 14.5. The predicted octanol–water partition coefficient (Wildman–Crippen LogP) is 4.05. The molecular weight excluding hydrogens is 332 g/mol. The lowest BCUT2D eigenvalue weighted by Crippen LogP contribution is -2.09. The molecule has 1 N–H and O–H groups in total. The number of anilines is 1. The first-order chi connectivity index (χ1) is 12.6. The first-order valence-corrected chi connectivity index (χ1v) is 8.85. The van der Waals surface area contributed by atoms with Crippen LogP contribution in [0.5, 0.6) is 0 Å². The number of carbonyl (C=O) groups excluding carboxylic acids is 1. The van der Waals surface area contributed by atoms with Gasteiger partial charge in [0.15, 0.2) is 5.78 Å². The Morgan fingerprint density at radius 3 is 2.62 bits per heavy atom. The van der Waals surface area contributed by atoms with Crippen LogP contribution in [-0.2, 0) is 4.74 Å². The average Bonchev–Trinajstić information content (AvgIpc) is 3.49. The summed E-state index contributed by atoms with van der Waals surface area (Å²) in [6.07, 6.45) is 3.30. The van der Waals surface area contributed by atoms with Crippen molar-refractivity contribution in [3.05, 3.63) is 69.8 Å². The molecule has 0 unspecified atom stereocenters. The van der Waals surface area contributed by atoms with Crippen molar-refractivity contribution in [2.24, 2.45) is 5.92 Å². The molecule has 26 heavy (non-hydrogen) atoms. The molecule has 3 rings (SSSR count). The third-order valence-electron chi connectivity index (χ3n) is 4.32. The maximum atomic E-state index is 12.5. The van der Waals surface area contributed by atoms with Crippen LogP contribution >= 0.6 is 0 Å². The number of nitrogens with one attached hydrogen (secondary N) is 1. The van der Waals surface area contributed by atoms with Gasteiger partial charge < -0.3 is 10.1 Å². The van der Waals surface area contributed by atoms with E-state index in [0.29, 0.717) is 30.0 Å². The summed E-state index contributed by atoms with van der Waals surface area (Å²) in [6.45, 7) is 2.04. The average molecular weight is 354 g/mol. The van der Waals surface area contributed by atoms with Crippen LogP contribution in [0.1, 0.15) is 35.2 Å². The van der Waals surface area contributed by atoms with Crippen molar-refractivity contribution >= 4 is 17.2 Å². The van der Waals surface area contributed by atoms with Crippen LogP contribution in [0, 0.1) is 16.0 Å². The molecule has 136 valence electrons. The van der Waals surface area contributed by atoms with Gasteiger partial charge in [-0.15, -0.1) is 0 Å². The molecule has 0 heterocycles. The van der Waals surface area contributed by atoms with Crippen LogP contribution < -0.4 is 5.32 Å². The van der Waals surface area contributed by atoms with Gasteiger partial charge >= 0.3 is 0 Å². The molecule has 0 atom stereocenters. The number of nitrogens with zero attached hydrogens (tertiary/aromatic N) is 1. The summed E-state index contributed by atoms with van der Waals surface area (Å²) < 4.78 is 5.55. The van der Waals surface area contributed by atoms with E-state index in [0.717, 1.165) is 18.9 Å². The van der Waals surface area contributed by atoms with E-state index in [1.807, 2.05) is 6.07 Å². The molecule has 1 aliphatic rings. The van der Waals surface area contributed by atoms with E-state index in [-0.39, 0.29) is 11.5 Å². The van der Waals surface area contributed by atoms with Gasteiger partial charge in [-0.2, -0.15) is 0 Å². The Kier molecular flexibility index (Phi) is 5.96. The number of carbonyl (C=O) groups is 1. The number of rotatable bonds is 10. The number of hydrogen-bond acceptors (Lipinski definition) is 5. The Hall–Kier alpha value is -2.73. The zero-order chi connectivity index (χ0) is 18.4. The minimum Gasteiger partial charge on any atom is -0.381 e. The van der Waals surface area contributed by atoms with E-state index >= 15 is 0 Å². The normalized spacial score (nSPS) is 13.4. The van der Waals surface area contributed by atoms with Crippen molar-refractivity contribution in [3.63, 3.8) is 0 Å². The van der Waals surface area contributed by atoms with Crippen molar-refractivity contribution < 1.29 is 14.5 Å². The number of nitro groups is 1. The third-order valence-corrected chi connectivity index (χ3v) is 4.32. The maximum absolute atomic E-state index is 12.5. The van der Waals surface area contributed by atoms with Crippen molar-refractivity contribution in [3.8, 4) is 0 Å². The summed E-state index contributed by atoms with van der Waals surface area (Å²) in [6, 6.07) is 13.3. The Labute approximate surface area is 152 Å². The summed E-state index contributed by atoms with van der Waals surface area (Å²) in [5.41, 5.74) is 1.14. The molecule has 1 fully saturated rings. The highest BCUT2D eigenvalue weighted by Crippen LogP contribution is 2.29. The van der Waals surface area contributed by atoms with E-state index in [2.05, 4.69) is 5.32 Å². The monoisotopic (exact) mass is 354 g/mol. The second-order valence-electron chi connectivity index (χ2n) is 6.48. The molecule has 0 aliphatic heterocycles. The minimum absolute atomic E-state index is 0.0920. The quantitative estimate of drug-likeness (QED) is 0.301. The lowest BCUT2D eigenvalue weighted by Gasteiger charge is -2.09. The molecule has 0 aromatic heterocycles. The Balaban J connectivity index is 1.60. The second kappa shape index (κ2) is 8.58. The molecule has 2 aromatic carbocycles. The van der Waals surface area contributed by atoms with Crippen LogP contribution in [0.2, 0.25) is 0 Å². The largest absolute Gasteiger partial charge is 0.381 e. The van der Waals surface area contributed by atoms with Crippen molar-refractivity contribution in [2.45, 2.75) is 19.3 Å². The highest BCUT2D eigenvalue weighted by molar-refractivity contribution is 6.09. The first kappa shape index (κ1) is 18.1. The molecule has 0 amide bonds. The van der Waals surface area contributed by atoms with E-state index in [1.54, 1.807) is 36.4 Å². The van der Waals surface area contributed by atoms with Crippen molar-refractivity contribution in [1.29, 1.82) is 0 Å². The molecule has 0 saturated heterocycles. The molecule has 6 nitrogen and oxygen atoms in total. The van der Waals surface area contributed by atoms with E-state index in [4.69, 9.17) is 4.74 Å². The minimum atomic E-state index is -0.465. The maximum Gasteiger partial charge on any atom is 0.293 e. The fourth-order valence-corrected chi connectivity index (χ4v) is 2.66. The Morgan fingerprint density at radius 2 is 1.92 bits per heavy atom. The first-order valence-electron chi connectivity index (χ1n) is 8.85. The van der Waals surface area contributed by atoms with Crippen LogP contribution in [0.4, 0.5) is 11.4 Å². The van der Waals surface area contributed by atoms with Gasteiger partial charge in [-0.05, 0) is 37.3 Å². The lowest BCUT2D eigenvalue weighted by atomic mass is 10.0. The number of ketones is 1. The van der Waals surface area contributed by atoms with Gasteiger partial charge in [-0.1, -0.05) is 30.3 Å². The number of hydrogen-bond donors (Lipinski definition) is 1. The third kappa shape index (κ3) is 4.89. The predicted molar refractivity (Wildman–Crippen MR) is 99.6 cm³/mol. The number of ether oxygens (including phenoxy) is 1. The summed E-state index contributed by atoms with van der Waals surface area (Å²) >= 11 is 0. The van der Waals surface area contributed by atoms with Gasteiger partial charge in [0, 0.05) is 37.0 Å². The van der Waals surface area contributed by atoms with Crippen LogP contribution in [0.3, 0.4) is 0 Å².